The zero-order valence-electron chi connectivity index (χ0n) is 18.6. The van der Waals surface area contributed by atoms with Crippen LogP contribution in [0.4, 0.5) is 10.9 Å². The van der Waals surface area contributed by atoms with Gasteiger partial charge in [-0.3, -0.25) is 4.40 Å². The third-order valence-corrected chi connectivity index (χ3v) is 7.33. The minimum Gasteiger partial charge on any atom is -0.317 e. The molecule has 0 spiro atoms. The average Bonchev–Trinajstić information content (AvgIpc) is 3.44. The fourth-order valence-electron chi connectivity index (χ4n) is 4.55. The summed E-state index contributed by atoms with van der Waals surface area (Å²) >= 11 is 7.43. The van der Waals surface area contributed by atoms with Crippen LogP contribution in [0, 0.1) is 6.92 Å². The molecule has 1 fully saturated rings. The molecule has 0 radical (unpaired) electrons. The number of piperidine rings is 1. The monoisotopic (exact) mass is 466 g/mol. The Balaban J connectivity index is 1.55. The van der Waals surface area contributed by atoms with Gasteiger partial charge in [0.1, 0.15) is 11.5 Å². The van der Waals surface area contributed by atoms with Crippen molar-refractivity contribution in [3.63, 3.8) is 0 Å². The summed E-state index contributed by atoms with van der Waals surface area (Å²) in [4.78, 5) is 11.9. The van der Waals surface area contributed by atoms with Gasteiger partial charge in [0.25, 0.3) is 0 Å². The zero-order chi connectivity index (χ0) is 22.2. The van der Waals surface area contributed by atoms with Gasteiger partial charge in [0.05, 0.1) is 5.69 Å². The number of imidazole rings is 1. The van der Waals surface area contributed by atoms with Crippen molar-refractivity contribution >= 4 is 39.7 Å². The Hall–Kier alpha value is -2.48. The van der Waals surface area contributed by atoms with Crippen LogP contribution >= 0.6 is 23.1 Å². The summed E-state index contributed by atoms with van der Waals surface area (Å²) in [5.41, 5.74) is 5.77. The molecule has 1 aliphatic heterocycles. The molecule has 1 N–H and O–H groups in total. The lowest BCUT2D eigenvalue weighted by Crippen LogP contribution is -2.27. The number of hydrogen-bond donors (Lipinski definition) is 1. The van der Waals surface area contributed by atoms with Crippen LogP contribution in [0.3, 0.4) is 0 Å². The van der Waals surface area contributed by atoms with Gasteiger partial charge in [-0.05, 0) is 86.7 Å². The summed E-state index contributed by atoms with van der Waals surface area (Å²) in [5.74, 6) is 2.37. The second-order valence-corrected chi connectivity index (χ2v) is 9.53. The molecule has 8 heteroatoms. The third kappa shape index (κ3) is 3.89. The Morgan fingerprint density at radius 1 is 1.19 bits per heavy atom. The Morgan fingerprint density at radius 2 is 1.94 bits per heavy atom. The van der Waals surface area contributed by atoms with E-state index in [0.29, 0.717) is 16.8 Å². The highest BCUT2D eigenvalue weighted by atomic mass is 35.5. The summed E-state index contributed by atoms with van der Waals surface area (Å²) in [6.07, 6.45) is 5.51. The highest BCUT2D eigenvalue weighted by molar-refractivity contribution is 7.10. The van der Waals surface area contributed by atoms with Crippen molar-refractivity contribution < 1.29 is 0 Å². The molecule has 0 unspecified atom stereocenters. The smallest absolute Gasteiger partial charge is 0.210 e. The minimum absolute atomic E-state index is 0.587. The van der Waals surface area contributed by atoms with Crippen molar-refractivity contribution in [3.05, 3.63) is 58.4 Å². The van der Waals surface area contributed by atoms with E-state index in [1.165, 1.54) is 35.5 Å². The molecular formula is C24H27ClN6S. The fraction of sp³-hybridized carbons (Fsp3) is 0.375. The van der Waals surface area contributed by atoms with Gasteiger partial charge in [0.15, 0.2) is 5.82 Å². The first-order valence-corrected chi connectivity index (χ1v) is 12.3. The Kier molecular flexibility index (Phi) is 5.88. The number of rotatable bonds is 5. The van der Waals surface area contributed by atoms with Gasteiger partial charge < -0.3 is 10.2 Å². The van der Waals surface area contributed by atoms with Crippen LogP contribution < -0.4 is 10.2 Å². The molecule has 0 saturated carbocycles. The number of halogens is 1. The topological polar surface area (TPSA) is 58.4 Å². The highest BCUT2D eigenvalue weighted by Gasteiger charge is 2.23. The van der Waals surface area contributed by atoms with Crippen LogP contribution in [0.1, 0.15) is 42.5 Å². The van der Waals surface area contributed by atoms with Gasteiger partial charge in [-0.25, -0.2) is 4.98 Å². The predicted molar refractivity (Wildman–Crippen MR) is 133 cm³/mol. The van der Waals surface area contributed by atoms with Crippen LogP contribution in [0.15, 0.2) is 36.5 Å². The summed E-state index contributed by atoms with van der Waals surface area (Å²) < 4.78 is 6.84. The maximum absolute atomic E-state index is 6.03. The van der Waals surface area contributed by atoms with Gasteiger partial charge in [-0.1, -0.05) is 18.5 Å². The number of nitrogens with zero attached hydrogens (tertiary/aromatic N) is 5. The SMILES string of the molecule is CCc1nc2cc(C)c(C3CCNCC3)cn2c1N(C)c1nc(-c2ccc(Cl)cc2)ns1. The quantitative estimate of drug-likeness (QED) is 0.414. The Morgan fingerprint density at radius 3 is 2.66 bits per heavy atom. The largest absolute Gasteiger partial charge is 0.317 e. The van der Waals surface area contributed by atoms with E-state index in [9.17, 15) is 0 Å². The molecular weight excluding hydrogens is 440 g/mol. The van der Waals surface area contributed by atoms with E-state index in [-0.39, 0.29) is 0 Å². The predicted octanol–water partition coefficient (Wildman–Crippen LogP) is 5.61. The molecule has 32 heavy (non-hydrogen) atoms. The van der Waals surface area contributed by atoms with Crippen LogP contribution in [0.25, 0.3) is 17.0 Å². The van der Waals surface area contributed by atoms with Crippen molar-refractivity contribution in [2.75, 3.05) is 25.0 Å². The first kappa shape index (κ1) is 21.4. The summed E-state index contributed by atoms with van der Waals surface area (Å²) in [5, 5.41) is 5.03. The minimum atomic E-state index is 0.587. The van der Waals surface area contributed by atoms with Crippen molar-refractivity contribution in [2.24, 2.45) is 0 Å². The molecule has 4 aromatic rings. The van der Waals surface area contributed by atoms with Crippen LogP contribution in [0.5, 0.6) is 0 Å². The molecule has 166 valence electrons. The molecule has 0 amide bonds. The Labute approximate surface area is 197 Å². The number of benzene rings is 1. The van der Waals surface area contributed by atoms with E-state index in [4.69, 9.17) is 21.6 Å². The van der Waals surface area contributed by atoms with E-state index in [0.717, 1.165) is 47.4 Å². The number of hydrogen-bond acceptors (Lipinski definition) is 6. The van der Waals surface area contributed by atoms with Crippen LogP contribution in [0.2, 0.25) is 5.02 Å². The van der Waals surface area contributed by atoms with E-state index < -0.39 is 0 Å². The number of fused-ring (bicyclic) bond motifs is 1. The molecule has 1 aliphatic rings. The molecule has 1 saturated heterocycles. The third-order valence-electron chi connectivity index (χ3n) is 6.29. The van der Waals surface area contributed by atoms with Gasteiger partial charge in [0, 0.05) is 35.4 Å². The van der Waals surface area contributed by atoms with Gasteiger partial charge in [0.2, 0.25) is 5.13 Å². The molecule has 6 nitrogen and oxygen atoms in total. The summed E-state index contributed by atoms with van der Waals surface area (Å²) in [6.45, 7) is 6.53. The number of aromatic nitrogens is 4. The van der Waals surface area contributed by atoms with E-state index in [1.54, 1.807) is 0 Å². The number of nitrogens with one attached hydrogen (secondary N) is 1. The standard InChI is InChI=1S/C24H27ClN6S/c1-4-20-23(30(3)24-28-22(29-32-24)17-5-7-18(25)8-6-17)31-14-19(15(2)13-21(31)27-20)16-9-11-26-12-10-16/h5-8,13-14,16,26H,4,9-12H2,1-3H3. The van der Waals surface area contributed by atoms with Crippen molar-refractivity contribution in [1.82, 2.24) is 24.1 Å². The van der Waals surface area contributed by atoms with Crippen molar-refractivity contribution in [1.29, 1.82) is 0 Å². The lowest BCUT2D eigenvalue weighted by Gasteiger charge is -2.25. The first-order valence-electron chi connectivity index (χ1n) is 11.1. The number of aryl methyl sites for hydroxylation is 2. The van der Waals surface area contributed by atoms with Crippen LogP contribution in [-0.4, -0.2) is 38.9 Å². The first-order chi connectivity index (χ1) is 15.5. The van der Waals surface area contributed by atoms with Gasteiger partial charge in [-0.15, -0.1) is 0 Å². The maximum atomic E-state index is 6.03. The van der Waals surface area contributed by atoms with Gasteiger partial charge >= 0.3 is 0 Å². The molecule has 0 aliphatic carbocycles. The molecule has 0 bridgehead atoms. The molecule has 5 rings (SSSR count). The number of anilines is 2. The van der Waals surface area contributed by atoms with E-state index in [2.05, 4.69) is 52.1 Å². The van der Waals surface area contributed by atoms with E-state index in [1.807, 2.05) is 24.3 Å². The molecule has 1 aromatic carbocycles. The Bertz CT molecular complexity index is 1240. The van der Waals surface area contributed by atoms with Gasteiger partial charge in [-0.2, -0.15) is 9.36 Å². The average molecular weight is 467 g/mol. The lowest BCUT2D eigenvalue weighted by atomic mass is 9.89. The summed E-state index contributed by atoms with van der Waals surface area (Å²) in [7, 11) is 2.05. The molecule has 0 atom stereocenters. The van der Waals surface area contributed by atoms with Crippen molar-refractivity contribution in [3.8, 4) is 11.4 Å². The highest BCUT2D eigenvalue weighted by Crippen LogP contribution is 2.35. The molecule has 4 heterocycles. The molecule has 3 aromatic heterocycles. The van der Waals surface area contributed by atoms with E-state index >= 15 is 0 Å². The fourth-order valence-corrected chi connectivity index (χ4v) is 5.32. The normalized spacial score (nSPS) is 14.9. The zero-order valence-corrected chi connectivity index (χ0v) is 20.2. The lowest BCUT2D eigenvalue weighted by molar-refractivity contribution is 0.458. The maximum Gasteiger partial charge on any atom is 0.210 e. The van der Waals surface area contributed by atoms with Crippen molar-refractivity contribution in [2.45, 2.75) is 39.0 Å². The second-order valence-electron chi connectivity index (χ2n) is 8.37. The second kappa shape index (κ2) is 8.81. The van der Waals surface area contributed by atoms with Crippen LogP contribution in [-0.2, 0) is 6.42 Å². The summed E-state index contributed by atoms with van der Waals surface area (Å²) in [6, 6.07) is 9.87. The number of pyridine rings is 1.